The molecule has 24 nitrogen and oxygen atoms in total. The number of halogens is 4. The number of carboxylic acid groups (broad SMARTS) is 1. The molecule has 3 aliphatic heterocycles. The number of ether oxygens (including phenoxy) is 12. The molecule has 502 valence electrons. The van der Waals surface area contributed by atoms with Crippen LogP contribution in [0, 0.1) is 6.92 Å². The van der Waals surface area contributed by atoms with E-state index in [0.29, 0.717) is 195 Å². The van der Waals surface area contributed by atoms with Crippen molar-refractivity contribution in [3.63, 3.8) is 0 Å². The predicted octanol–water partition coefficient (Wildman–Crippen LogP) is 4.49. The minimum Gasteiger partial charge on any atom is -0.475 e. The number of nitrogens with one attached hydrogen (secondary N) is 4. The number of hydrogen-bond donors (Lipinski definition) is 5. The van der Waals surface area contributed by atoms with Gasteiger partial charge < -0.3 is 83.2 Å². The summed E-state index contributed by atoms with van der Waals surface area (Å²) >= 11 is 8.08. The number of amides is 4. The van der Waals surface area contributed by atoms with Crippen molar-refractivity contribution in [2.75, 3.05) is 177 Å². The lowest BCUT2D eigenvalue weighted by molar-refractivity contribution is -0.192. The first-order valence-corrected chi connectivity index (χ1v) is 32.1. The van der Waals surface area contributed by atoms with Gasteiger partial charge in [0.25, 0.3) is 5.91 Å². The molecular weight excluding hydrogens is 1200 g/mol. The van der Waals surface area contributed by atoms with E-state index in [1.165, 1.54) is 17.0 Å². The maximum atomic E-state index is 13.3. The molecule has 2 aromatic rings. The van der Waals surface area contributed by atoms with Crippen LogP contribution in [-0.4, -0.2) is 263 Å². The van der Waals surface area contributed by atoms with E-state index in [0.717, 1.165) is 62.1 Å². The number of alkyl halides is 3. The highest BCUT2D eigenvalue weighted by Crippen LogP contribution is 2.37. The molecule has 4 fully saturated rings. The third-order valence-electron chi connectivity index (χ3n) is 14.9. The number of carbonyl (C=O) groups is 4. The summed E-state index contributed by atoms with van der Waals surface area (Å²) in [6.07, 6.45) is 2.82. The predicted molar refractivity (Wildman–Crippen MR) is 321 cm³/mol. The second-order valence-electron chi connectivity index (χ2n) is 21.4. The van der Waals surface area contributed by atoms with Crippen molar-refractivity contribution in [3.05, 3.63) is 52.3 Å². The number of aromatic nitrogens is 2. The fourth-order valence-electron chi connectivity index (χ4n) is 10.2. The molecule has 1 aliphatic carbocycles. The fourth-order valence-corrected chi connectivity index (χ4v) is 11.8. The zero-order valence-electron chi connectivity index (χ0n) is 51.1. The average molecular weight is 1300 g/mol. The van der Waals surface area contributed by atoms with Gasteiger partial charge in [0, 0.05) is 72.8 Å². The lowest BCUT2D eigenvalue weighted by Gasteiger charge is -2.45. The summed E-state index contributed by atoms with van der Waals surface area (Å²) in [6.45, 7) is 14.1. The van der Waals surface area contributed by atoms with E-state index < -0.39 is 18.2 Å². The minimum absolute atomic E-state index is 0.0383. The molecule has 5 atom stereocenters. The lowest BCUT2D eigenvalue weighted by Crippen LogP contribution is -2.58. The number of nitrogens with zero attached hydrogens (tertiary/aromatic N) is 3. The number of rotatable bonds is 46. The molecule has 3 saturated heterocycles. The molecule has 4 aliphatic rings. The Morgan fingerprint density at radius 2 is 1.17 bits per heavy atom. The normalized spacial score (nSPS) is 21.1. The second-order valence-corrected chi connectivity index (χ2v) is 23.1. The van der Waals surface area contributed by atoms with E-state index in [9.17, 15) is 27.6 Å². The zero-order valence-corrected chi connectivity index (χ0v) is 52.7. The molecule has 1 saturated carbocycles. The third-order valence-corrected chi connectivity index (χ3v) is 16.6. The van der Waals surface area contributed by atoms with Gasteiger partial charge in [0.15, 0.2) is 0 Å². The molecule has 0 unspecified atom stereocenters. The Morgan fingerprint density at radius 3 is 1.62 bits per heavy atom. The Labute approximate surface area is 524 Å². The van der Waals surface area contributed by atoms with Crippen molar-refractivity contribution in [1.29, 1.82) is 0 Å². The molecule has 5 N–H and O–H groups in total. The monoisotopic (exact) mass is 1300 g/mol. The summed E-state index contributed by atoms with van der Waals surface area (Å²) in [5, 5.41) is 24.9. The van der Waals surface area contributed by atoms with Crippen molar-refractivity contribution in [1.82, 2.24) is 35.9 Å². The van der Waals surface area contributed by atoms with Crippen LogP contribution in [0.3, 0.4) is 0 Å². The highest BCUT2D eigenvalue weighted by Gasteiger charge is 2.43. The SMILES string of the molecule is Cc1cc(C2CCC(N3C[C@H](C(=O)NCCOCCOCCOCCOCCOCCOCCOCCOCCOCCOCCOCCNC(=O)CCCC[C@@H]4SC[C@@H]5NC(=O)N[C@@H]54)OC[C@@H]3Cc3ccc(Cl)cc3)CC2)nn1C.O=C(O)C(F)(F)F. The number of carboxylic acids is 1. The topological polar surface area (TPSA) is 268 Å². The molecule has 6 rings (SSSR count). The van der Waals surface area contributed by atoms with Crippen LogP contribution in [0.15, 0.2) is 30.3 Å². The highest BCUT2D eigenvalue weighted by molar-refractivity contribution is 8.00. The Kier molecular flexibility index (Phi) is 37.8. The van der Waals surface area contributed by atoms with Crippen molar-refractivity contribution in [2.24, 2.45) is 7.05 Å². The van der Waals surface area contributed by atoms with Gasteiger partial charge in [0.05, 0.1) is 170 Å². The summed E-state index contributed by atoms with van der Waals surface area (Å²) in [5.74, 6) is -1.40. The van der Waals surface area contributed by atoms with Gasteiger partial charge in [-0.2, -0.15) is 30.0 Å². The van der Waals surface area contributed by atoms with E-state index in [2.05, 4.69) is 51.3 Å². The maximum Gasteiger partial charge on any atom is 0.490 e. The largest absolute Gasteiger partial charge is 0.490 e. The van der Waals surface area contributed by atoms with Crippen LogP contribution in [0.5, 0.6) is 0 Å². The van der Waals surface area contributed by atoms with Gasteiger partial charge in [0.2, 0.25) is 5.91 Å². The van der Waals surface area contributed by atoms with Gasteiger partial charge in [-0.1, -0.05) is 30.2 Å². The third kappa shape index (κ3) is 31.4. The standard InChI is InChI=1S/C57H94ClN7O15S.C2HF3O2/c1-44-39-50(63-64(44)2)46-9-13-48(14-10-46)65-41-52(80-42-49(65)40-45-7-11-47(58)12-8-45)56(67)60-16-18-70-20-22-72-24-26-74-28-30-76-32-34-78-36-38-79-37-35-77-33-31-75-29-27-73-25-23-71-21-19-69-17-15-59-54(66)6-4-3-5-53-55-51(43-81-53)61-57(68)62-55;3-2(4,5)1(6)7/h7-8,11-12,39,46,48-49,51-53,55H,3-6,9-10,13-38,40-43H2,1-2H3,(H,59,66)(H,60,67)(H2,61,62,68);(H,6,7)/t46?,48?,49-,51-,52+,53-,55-;/m0./s1. The smallest absolute Gasteiger partial charge is 0.475 e. The highest BCUT2D eigenvalue weighted by atomic mass is 35.5. The summed E-state index contributed by atoms with van der Waals surface area (Å²) in [7, 11) is 2.01. The van der Waals surface area contributed by atoms with Gasteiger partial charge >= 0.3 is 18.2 Å². The number of benzene rings is 1. The van der Waals surface area contributed by atoms with Gasteiger partial charge in [-0.3, -0.25) is 19.2 Å². The van der Waals surface area contributed by atoms with Gasteiger partial charge in [-0.05, 0) is 75.6 Å². The van der Waals surface area contributed by atoms with Gasteiger partial charge in [-0.25, -0.2) is 9.59 Å². The zero-order chi connectivity index (χ0) is 63.0. The quantitative estimate of drug-likeness (QED) is 0.0451. The number of aryl methyl sites for hydroxylation is 2. The Morgan fingerprint density at radius 1 is 0.705 bits per heavy atom. The molecule has 0 bridgehead atoms. The Bertz CT molecular complexity index is 2210. The Balaban J connectivity index is 0.00000190. The molecule has 0 spiro atoms. The molecular formula is C59H95ClF3N7O17S. The van der Waals surface area contributed by atoms with E-state index in [4.69, 9.17) is 83.4 Å². The van der Waals surface area contributed by atoms with Crippen molar-refractivity contribution >= 4 is 47.2 Å². The van der Waals surface area contributed by atoms with E-state index >= 15 is 0 Å². The molecule has 4 amide bonds. The van der Waals surface area contributed by atoms with Gasteiger partial charge in [0.1, 0.15) is 6.10 Å². The molecule has 88 heavy (non-hydrogen) atoms. The average Bonchev–Trinajstić information content (AvgIpc) is 2.41. The fraction of sp³-hybridized carbons (Fsp3) is 0.780. The summed E-state index contributed by atoms with van der Waals surface area (Å²) in [4.78, 5) is 48.3. The summed E-state index contributed by atoms with van der Waals surface area (Å²) < 4.78 is 101. The van der Waals surface area contributed by atoms with E-state index in [1.54, 1.807) is 0 Å². The number of hydrogen-bond acceptors (Lipinski definition) is 19. The van der Waals surface area contributed by atoms with Crippen LogP contribution in [-0.2, 0) is 84.7 Å². The number of fused-ring (bicyclic) bond motifs is 1. The second kappa shape index (κ2) is 44.5. The number of thioether (sulfide) groups is 1. The van der Waals surface area contributed by atoms with Crippen molar-refractivity contribution in [2.45, 2.75) is 112 Å². The first-order chi connectivity index (χ1) is 42.7. The molecule has 29 heteroatoms. The summed E-state index contributed by atoms with van der Waals surface area (Å²) in [6, 6.07) is 11.2. The lowest BCUT2D eigenvalue weighted by atomic mass is 9.82. The number of unbranched alkanes of at least 4 members (excludes halogenated alkanes) is 1. The van der Waals surface area contributed by atoms with Crippen LogP contribution in [0.4, 0.5) is 18.0 Å². The van der Waals surface area contributed by atoms with Crippen LogP contribution in [0.25, 0.3) is 0 Å². The molecule has 1 aromatic heterocycles. The number of urea groups is 1. The first-order valence-electron chi connectivity index (χ1n) is 30.7. The number of aliphatic carboxylic acids is 1. The van der Waals surface area contributed by atoms with Crippen LogP contribution < -0.4 is 21.3 Å². The maximum absolute atomic E-state index is 13.3. The first kappa shape index (κ1) is 74.7. The molecule has 0 radical (unpaired) electrons. The molecule has 4 heterocycles. The van der Waals surface area contributed by atoms with E-state index in [1.807, 2.05) is 35.6 Å². The number of carbonyl (C=O) groups excluding carboxylic acids is 3. The minimum atomic E-state index is -5.08. The van der Waals surface area contributed by atoms with E-state index in [-0.39, 0.29) is 36.0 Å². The van der Waals surface area contributed by atoms with Gasteiger partial charge in [-0.15, -0.1) is 0 Å². The van der Waals surface area contributed by atoms with Crippen LogP contribution in [0.1, 0.15) is 74.2 Å². The van der Waals surface area contributed by atoms with Crippen molar-refractivity contribution < 1.29 is 94.3 Å². The number of morpholine rings is 1. The Hall–Kier alpha value is -3.98. The summed E-state index contributed by atoms with van der Waals surface area (Å²) in [5.41, 5.74) is 3.58. The van der Waals surface area contributed by atoms with Crippen molar-refractivity contribution in [3.8, 4) is 0 Å². The van der Waals surface area contributed by atoms with Crippen LogP contribution >= 0.6 is 23.4 Å². The molecule has 1 aromatic carbocycles. The van der Waals surface area contributed by atoms with Crippen LogP contribution in [0.2, 0.25) is 5.02 Å².